The van der Waals surface area contributed by atoms with E-state index in [1.54, 1.807) is 24.3 Å². The zero-order valence-electron chi connectivity index (χ0n) is 8.79. The summed E-state index contributed by atoms with van der Waals surface area (Å²) in [4.78, 5) is 0. The number of halogens is 3. The Bertz CT molecular complexity index is 531. The van der Waals surface area contributed by atoms with Crippen molar-refractivity contribution in [3.05, 3.63) is 63.3 Å². The average Bonchev–Trinajstić information content (AvgIpc) is 2.30. The Balaban J connectivity index is 2.09. The van der Waals surface area contributed by atoms with Crippen LogP contribution in [0.25, 0.3) is 0 Å². The fourth-order valence-electron chi connectivity index (χ4n) is 1.38. The van der Waals surface area contributed by atoms with Crippen molar-refractivity contribution in [2.45, 2.75) is 6.61 Å². The minimum atomic E-state index is -0.379. The maximum absolute atomic E-state index is 13.4. The van der Waals surface area contributed by atoms with Gasteiger partial charge in [-0.1, -0.05) is 39.7 Å². The van der Waals surface area contributed by atoms with E-state index in [9.17, 15) is 4.39 Å². The first-order valence-electron chi connectivity index (χ1n) is 4.97. The maximum Gasteiger partial charge on any atom is 0.165 e. The molecular formula is C13H9BrClFO. The minimum absolute atomic E-state index is 0.222. The number of ether oxygens (including phenoxy) is 1. The van der Waals surface area contributed by atoms with Crippen LogP contribution in [0.5, 0.6) is 5.75 Å². The molecule has 0 amide bonds. The monoisotopic (exact) mass is 314 g/mol. The first kappa shape index (κ1) is 12.4. The summed E-state index contributed by atoms with van der Waals surface area (Å²) < 4.78 is 19.6. The number of hydrogen-bond acceptors (Lipinski definition) is 1. The van der Waals surface area contributed by atoms with E-state index in [0.29, 0.717) is 5.02 Å². The van der Waals surface area contributed by atoms with Crippen LogP contribution in [0.4, 0.5) is 4.39 Å². The number of hydrogen-bond donors (Lipinski definition) is 0. The molecule has 0 unspecified atom stereocenters. The molecule has 17 heavy (non-hydrogen) atoms. The SMILES string of the molecule is Fc1ccc(Br)cc1OCc1cccc(Cl)c1. The van der Waals surface area contributed by atoms with Crippen LogP contribution in [0, 0.1) is 5.82 Å². The van der Waals surface area contributed by atoms with Gasteiger partial charge in [0.2, 0.25) is 0 Å². The Morgan fingerprint density at radius 2 is 2.00 bits per heavy atom. The molecule has 0 aliphatic heterocycles. The molecule has 88 valence electrons. The highest BCUT2D eigenvalue weighted by molar-refractivity contribution is 9.10. The van der Waals surface area contributed by atoms with Crippen LogP contribution in [0.3, 0.4) is 0 Å². The molecule has 2 rings (SSSR count). The first-order chi connectivity index (χ1) is 8.15. The lowest BCUT2D eigenvalue weighted by molar-refractivity contribution is 0.290. The van der Waals surface area contributed by atoms with Crippen molar-refractivity contribution in [3.8, 4) is 5.75 Å². The van der Waals surface area contributed by atoms with Gasteiger partial charge in [0.15, 0.2) is 11.6 Å². The molecule has 2 aromatic carbocycles. The van der Waals surface area contributed by atoms with Gasteiger partial charge in [0, 0.05) is 9.50 Å². The van der Waals surface area contributed by atoms with Gasteiger partial charge in [-0.25, -0.2) is 4.39 Å². The lowest BCUT2D eigenvalue weighted by atomic mass is 10.2. The molecule has 0 bridgehead atoms. The van der Waals surface area contributed by atoms with Gasteiger partial charge in [-0.05, 0) is 35.9 Å². The largest absolute Gasteiger partial charge is 0.486 e. The molecule has 1 nitrogen and oxygen atoms in total. The van der Waals surface area contributed by atoms with Gasteiger partial charge in [-0.15, -0.1) is 0 Å². The standard InChI is InChI=1S/C13H9BrClFO/c14-10-4-5-12(16)13(7-10)17-8-9-2-1-3-11(15)6-9/h1-7H,8H2. The number of benzene rings is 2. The Labute approximate surface area is 112 Å². The molecule has 2 aromatic rings. The van der Waals surface area contributed by atoms with E-state index in [-0.39, 0.29) is 18.2 Å². The zero-order chi connectivity index (χ0) is 12.3. The minimum Gasteiger partial charge on any atom is -0.486 e. The molecule has 0 N–H and O–H groups in total. The van der Waals surface area contributed by atoms with Crippen LogP contribution >= 0.6 is 27.5 Å². The first-order valence-corrected chi connectivity index (χ1v) is 6.14. The van der Waals surface area contributed by atoms with Gasteiger partial charge in [-0.3, -0.25) is 0 Å². The highest BCUT2D eigenvalue weighted by Crippen LogP contribution is 2.23. The fourth-order valence-corrected chi connectivity index (χ4v) is 1.93. The highest BCUT2D eigenvalue weighted by Gasteiger charge is 2.04. The highest BCUT2D eigenvalue weighted by atomic mass is 79.9. The Hall–Kier alpha value is -1.06. The molecule has 0 saturated heterocycles. The van der Waals surface area contributed by atoms with Crippen LogP contribution in [-0.2, 0) is 6.61 Å². The Kier molecular flexibility index (Phi) is 4.02. The number of rotatable bonds is 3. The third-order valence-corrected chi connectivity index (χ3v) is 2.90. The van der Waals surface area contributed by atoms with Gasteiger partial charge in [0.1, 0.15) is 6.61 Å². The van der Waals surface area contributed by atoms with Gasteiger partial charge in [-0.2, -0.15) is 0 Å². The Morgan fingerprint density at radius 1 is 1.18 bits per heavy atom. The van der Waals surface area contributed by atoms with E-state index < -0.39 is 0 Å². The van der Waals surface area contributed by atoms with Crippen molar-refractivity contribution < 1.29 is 9.13 Å². The molecule has 0 aromatic heterocycles. The zero-order valence-corrected chi connectivity index (χ0v) is 11.1. The van der Waals surface area contributed by atoms with E-state index in [2.05, 4.69) is 15.9 Å². The van der Waals surface area contributed by atoms with Gasteiger partial charge in [0.05, 0.1) is 0 Å². The third-order valence-electron chi connectivity index (χ3n) is 2.18. The Morgan fingerprint density at radius 3 is 2.76 bits per heavy atom. The molecular weight excluding hydrogens is 306 g/mol. The van der Waals surface area contributed by atoms with Crippen molar-refractivity contribution in [1.82, 2.24) is 0 Å². The van der Waals surface area contributed by atoms with Gasteiger partial charge >= 0.3 is 0 Å². The summed E-state index contributed by atoms with van der Waals surface area (Å²) in [6, 6.07) is 11.9. The average molecular weight is 316 g/mol. The summed E-state index contributed by atoms with van der Waals surface area (Å²) >= 11 is 9.11. The molecule has 0 radical (unpaired) electrons. The van der Waals surface area contributed by atoms with Crippen molar-refractivity contribution in [3.63, 3.8) is 0 Å². The smallest absolute Gasteiger partial charge is 0.165 e. The van der Waals surface area contributed by atoms with E-state index in [0.717, 1.165) is 10.0 Å². The normalized spacial score (nSPS) is 10.3. The quantitative estimate of drug-likeness (QED) is 0.789. The summed E-state index contributed by atoms with van der Waals surface area (Å²) in [6.45, 7) is 0.286. The molecule has 0 aliphatic rings. The van der Waals surface area contributed by atoms with E-state index in [4.69, 9.17) is 16.3 Å². The summed E-state index contributed by atoms with van der Waals surface area (Å²) in [5.41, 5.74) is 0.900. The second-order valence-electron chi connectivity index (χ2n) is 3.49. The van der Waals surface area contributed by atoms with E-state index in [1.165, 1.54) is 6.07 Å². The molecule has 4 heteroatoms. The topological polar surface area (TPSA) is 9.23 Å². The molecule has 0 atom stereocenters. The summed E-state index contributed by atoms with van der Waals surface area (Å²) in [5, 5.41) is 0.640. The summed E-state index contributed by atoms with van der Waals surface area (Å²) in [6.07, 6.45) is 0. The maximum atomic E-state index is 13.4. The fraction of sp³-hybridized carbons (Fsp3) is 0.0769. The second kappa shape index (κ2) is 5.52. The van der Waals surface area contributed by atoms with Crippen LogP contribution in [0.1, 0.15) is 5.56 Å². The summed E-state index contributed by atoms with van der Waals surface area (Å²) in [7, 11) is 0. The molecule has 0 fully saturated rings. The lowest BCUT2D eigenvalue weighted by Crippen LogP contribution is -1.97. The van der Waals surface area contributed by atoms with E-state index >= 15 is 0 Å². The molecule has 0 saturated carbocycles. The van der Waals surface area contributed by atoms with Gasteiger partial charge in [0.25, 0.3) is 0 Å². The predicted octanol–water partition coefficient (Wildman–Crippen LogP) is 4.82. The van der Waals surface area contributed by atoms with Crippen molar-refractivity contribution in [1.29, 1.82) is 0 Å². The molecule has 0 spiro atoms. The molecule has 0 aliphatic carbocycles. The van der Waals surface area contributed by atoms with Crippen molar-refractivity contribution in [2.24, 2.45) is 0 Å². The summed E-state index contributed by atoms with van der Waals surface area (Å²) in [5.74, 6) is -0.158. The van der Waals surface area contributed by atoms with Gasteiger partial charge < -0.3 is 4.74 Å². The van der Waals surface area contributed by atoms with Crippen LogP contribution in [0.15, 0.2) is 46.9 Å². The third kappa shape index (κ3) is 3.45. The van der Waals surface area contributed by atoms with Crippen LogP contribution < -0.4 is 4.74 Å². The predicted molar refractivity (Wildman–Crippen MR) is 69.9 cm³/mol. The lowest BCUT2D eigenvalue weighted by Gasteiger charge is -2.07. The van der Waals surface area contributed by atoms with Crippen LogP contribution in [0.2, 0.25) is 5.02 Å². The van der Waals surface area contributed by atoms with Crippen molar-refractivity contribution >= 4 is 27.5 Å². The van der Waals surface area contributed by atoms with Crippen LogP contribution in [-0.4, -0.2) is 0 Å². The molecule has 0 heterocycles. The van der Waals surface area contributed by atoms with Crippen molar-refractivity contribution in [2.75, 3.05) is 0 Å². The van der Waals surface area contributed by atoms with E-state index in [1.807, 2.05) is 12.1 Å². The second-order valence-corrected chi connectivity index (χ2v) is 4.85.